The summed E-state index contributed by atoms with van der Waals surface area (Å²) in [4.78, 5) is 0. The molecule has 0 atom stereocenters. The minimum Gasteiger partial charge on any atom is -0.367 e. The molecule has 3 nitrogen and oxygen atoms in total. The van der Waals surface area contributed by atoms with E-state index in [2.05, 4.69) is 24.2 Å². The Hall–Kier alpha value is -1.77. The van der Waals surface area contributed by atoms with Crippen LogP contribution in [0.3, 0.4) is 0 Å². The van der Waals surface area contributed by atoms with Gasteiger partial charge in [-0.05, 0) is 36.8 Å². The number of nitrogens with two attached hydrogens (primary N) is 1. The second-order valence-corrected chi connectivity index (χ2v) is 5.87. The van der Waals surface area contributed by atoms with Crippen molar-refractivity contribution in [1.29, 1.82) is 0 Å². The van der Waals surface area contributed by atoms with Crippen LogP contribution < -0.4 is 5.73 Å². The van der Waals surface area contributed by atoms with Crippen molar-refractivity contribution in [3.8, 4) is 11.1 Å². The average Bonchev–Trinajstić information content (AvgIpc) is 3.07. The van der Waals surface area contributed by atoms with Gasteiger partial charge in [0.25, 0.3) is 0 Å². The second kappa shape index (κ2) is 5.70. The van der Waals surface area contributed by atoms with Gasteiger partial charge >= 0.3 is 0 Å². The predicted molar refractivity (Wildman–Crippen MR) is 81.4 cm³/mol. The van der Waals surface area contributed by atoms with Crippen molar-refractivity contribution >= 4 is 5.88 Å². The van der Waals surface area contributed by atoms with Crippen LogP contribution in [0.4, 0.5) is 5.88 Å². The summed E-state index contributed by atoms with van der Waals surface area (Å²) in [6.07, 6.45) is 7.67. The van der Waals surface area contributed by atoms with Crippen LogP contribution in [0.5, 0.6) is 0 Å². The quantitative estimate of drug-likeness (QED) is 0.898. The number of hydrogen-bond donors (Lipinski definition) is 1. The van der Waals surface area contributed by atoms with E-state index in [1.807, 2.05) is 12.1 Å². The summed E-state index contributed by atoms with van der Waals surface area (Å²) < 4.78 is 5.25. The van der Waals surface area contributed by atoms with Gasteiger partial charge in [-0.2, -0.15) is 0 Å². The highest BCUT2D eigenvalue weighted by molar-refractivity contribution is 5.77. The Morgan fingerprint density at radius 2 is 2.00 bits per heavy atom. The van der Waals surface area contributed by atoms with Crippen molar-refractivity contribution in [2.45, 2.75) is 45.4 Å². The van der Waals surface area contributed by atoms with Gasteiger partial charge in [0.1, 0.15) is 0 Å². The lowest BCUT2D eigenvalue weighted by atomic mass is 9.95. The first-order valence-electron chi connectivity index (χ1n) is 7.55. The zero-order valence-corrected chi connectivity index (χ0v) is 12.1. The van der Waals surface area contributed by atoms with Crippen LogP contribution in [0.15, 0.2) is 28.8 Å². The number of rotatable bonds is 4. The molecule has 1 aromatic heterocycles. The monoisotopic (exact) mass is 270 g/mol. The molecule has 0 unspecified atom stereocenters. The second-order valence-electron chi connectivity index (χ2n) is 5.87. The molecule has 2 aromatic rings. The molecule has 0 spiro atoms. The molecule has 0 amide bonds. The molecule has 3 rings (SSSR count). The average molecular weight is 270 g/mol. The minimum atomic E-state index is 0.445. The molecular weight excluding hydrogens is 248 g/mol. The molecule has 0 aliphatic heterocycles. The fraction of sp³-hybridized carbons (Fsp3) is 0.471. The molecule has 0 bridgehead atoms. The van der Waals surface area contributed by atoms with Crippen molar-refractivity contribution in [1.82, 2.24) is 5.16 Å². The Labute approximate surface area is 120 Å². The fourth-order valence-corrected chi connectivity index (χ4v) is 3.29. The van der Waals surface area contributed by atoms with E-state index in [1.54, 1.807) is 0 Å². The van der Waals surface area contributed by atoms with Gasteiger partial charge in [0.05, 0.1) is 11.3 Å². The van der Waals surface area contributed by atoms with Crippen LogP contribution in [0.25, 0.3) is 11.1 Å². The van der Waals surface area contributed by atoms with E-state index in [1.165, 1.54) is 37.7 Å². The molecule has 1 fully saturated rings. The maximum atomic E-state index is 6.00. The summed E-state index contributed by atoms with van der Waals surface area (Å²) >= 11 is 0. The van der Waals surface area contributed by atoms with E-state index >= 15 is 0 Å². The first-order valence-corrected chi connectivity index (χ1v) is 7.55. The number of benzene rings is 1. The Kier molecular flexibility index (Phi) is 3.77. The van der Waals surface area contributed by atoms with Gasteiger partial charge in [0.15, 0.2) is 0 Å². The van der Waals surface area contributed by atoms with Crippen molar-refractivity contribution in [3.05, 3.63) is 35.5 Å². The van der Waals surface area contributed by atoms with E-state index in [9.17, 15) is 0 Å². The number of anilines is 1. The largest absolute Gasteiger partial charge is 0.367 e. The third kappa shape index (κ3) is 2.58. The Bertz CT molecular complexity index is 582. The minimum absolute atomic E-state index is 0.445. The molecule has 1 aliphatic carbocycles. The number of aromatic nitrogens is 1. The summed E-state index contributed by atoms with van der Waals surface area (Å²) in [6.45, 7) is 2.10. The highest BCUT2D eigenvalue weighted by Crippen LogP contribution is 2.34. The maximum Gasteiger partial charge on any atom is 0.230 e. The number of hydrogen-bond acceptors (Lipinski definition) is 3. The molecule has 2 N–H and O–H groups in total. The molecule has 1 aromatic carbocycles. The lowest BCUT2D eigenvalue weighted by Crippen LogP contribution is -1.99. The lowest BCUT2D eigenvalue weighted by molar-refractivity contribution is 0.419. The van der Waals surface area contributed by atoms with Crippen LogP contribution in [0, 0.1) is 12.8 Å². The highest BCUT2D eigenvalue weighted by Gasteiger charge is 2.20. The van der Waals surface area contributed by atoms with Crippen LogP contribution >= 0.6 is 0 Å². The van der Waals surface area contributed by atoms with E-state index in [4.69, 9.17) is 10.3 Å². The van der Waals surface area contributed by atoms with E-state index in [0.717, 1.165) is 29.2 Å². The summed E-state index contributed by atoms with van der Waals surface area (Å²) in [5.74, 6) is 1.30. The maximum absolute atomic E-state index is 6.00. The first-order chi connectivity index (χ1) is 9.75. The molecule has 0 saturated heterocycles. The standard InChI is InChI=1S/C17H22N2O/c1-12-6-2-5-9-14(12)16-15(19-20-17(16)18)11-10-13-7-3-4-8-13/h2,5-6,9,13H,3-4,7-8,10-11,18H2,1H3. The Morgan fingerprint density at radius 3 is 2.75 bits per heavy atom. The van der Waals surface area contributed by atoms with E-state index in [0.29, 0.717) is 5.88 Å². The van der Waals surface area contributed by atoms with Gasteiger partial charge in [-0.25, -0.2) is 0 Å². The van der Waals surface area contributed by atoms with Crippen molar-refractivity contribution in [2.24, 2.45) is 5.92 Å². The predicted octanol–water partition coefficient (Wildman–Crippen LogP) is 4.36. The third-order valence-corrected chi connectivity index (χ3v) is 4.47. The fourth-order valence-electron chi connectivity index (χ4n) is 3.29. The highest BCUT2D eigenvalue weighted by atomic mass is 16.5. The lowest BCUT2D eigenvalue weighted by Gasteiger charge is -2.09. The summed E-state index contributed by atoms with van der Waals surface area (Å²) in [5.41, 5.74) is 10.4. The van der Waals surface area contributed by atoms with Gasteiger partial charge in [0, 0.05) is 0 Å². The molecule has 20 heavy (non-hydrogen) atoms. The van der Waals surface area contributed by atoms with Gasteiger partial charge in [-0.1, -0.05) is 55.1 Å². The summed E-state index contributed by atoms with van der Waals surface area (Å²) in [6, 6.07) is 8.27. The van der Waals surface area contributed by atoms with Gasteiger partial charge < -0.3 is 10.3 Å². The molecular formula is C17H22N2O. The van der Waals surface area contributed by atoms with Crippen molar-refractivity contribution < 1.29 is 4.52 Å². The third-order valence-electron chi connectivity index (χ3n) is 4.47. The molecule has 1 aliphatic rings. The van der Waals surface area contributed by atoms with Gasteiger partial charge in [0.2, 0.25) is 5.88 Å². The SMILES string of the molecule is Cc1ccccc1-c1c(CCC2CCCC2)noc1N. The van der Waals surface area contributed by atoms with E-state index in [-0.39, 0.29) is 0 Å². The molecule has 106 valence electrons. The number of aryl methyl sites for hydroxylation is 2. The first kappa shape index (κ1) is 13.2. The van der Waals surface area contributed by atoms with E-state index < -0.39 is 0 Å². The van der Waals surface area contributed by atoms with Crippen LogP contribution in [-0.2, 0) is 6.42 Å². The normalized spacial score (nSPS) is 15.8. The van der Waals surface area contributed by atoms with Crippen molar-refractivity contribution in [2.75, 3.05) is 5.73 Å². The molecule has 1 heterocycles. The zero-order chi connectivity index (χ0) is 13.9. The van der Waals surface area contributed by atoms with Crippen LogP contribution in [0.2, 0.25) is 0 Å². The Balaban J connectivity index is 1.84. The van der Waals surface area contributed by atoms with Gasteiger partial charge in [-0.3, -0.25) is 0 Å². The summed E-state index contributed by atoms with van der Waals surface area (Å²) in [5, 5.41) is 4.19. The number of nitrogens with zero attached hydrogens (tertiary/aromatic N) is 1. The molecule has 0 radical (unpaired) electrons. The van der Waals surface area contributed by atoms with Crippen LogP contribution in [0.1, 0.15) is 43.4 Å². The molecule has 1 saturated carbocycles. The smallest absolute Gasteiger partial charge is 0.230 e. The topological polar surface area (TPSA) is 52.0 Å². The van der Waals surface area contributed by atoms with Gasteiger partial charge in [-0.15, -0.1) is 0 Å². The van der Waals surface area contributed by atoms with Crippen LogP contribution in [-0.4, -0.2) is 5.16 Å². The molecule has 3 heteroatoms. The van der Waals surface area contributed by atoms with Crippen molar-refractivity contribution in [3.63, 3.8) is 0 Å². The number of nitrogen functional groups attached to an aromatic ring is 1. The zero-order valence-electron chi connectivity index (χ0n) is 12.1. The Morgan fingerprint density at radius 1 is 1.25 bits per heavy atom. The summed E-state index contributed by atoms with van der Waals surface area (Å²) in [7, 11) is 0.